The first-order valence-electron chi connectivity index (χ1n) is 11.5. The van der Waals surface area contributed by atoms with E-state index in [0.29, 0.717) is 49.9 Å². The fourth-order valence-electron chi connectivity index (χ4n) is 3.43. The molecule has 190 valence electrons. The number of benzene rings is 4. The highest BCUT2D eigenvalue weighted by molar-refractivity contribution is 9.11. The summed E-state index contributed by atoms with van der Waals surface area (Å²) >= 11 is 13.0. The van der Waals surface area contributed by atoms with Gasteiger partial charge in [0.05, 0.1) is 8.95 Å². The highest BCUT2D eigenvalue weighted by atomic mass is 79.9. The van der Waals surface area contributed by atoms with Crippen molar-refractivity contribution in [2.75, 3.05) is 5.32 Å². The van der Waals surface area contributed by atoms with Gasteiger partial charge in [-0.15, -0.1) is 0 Å². The summed E-state index contributed by atoms with van der Waals surface area (Å²) in [5.74, 6) is 0.770. The normalized spacial score (nSPS) is 10.9. The van der Waals surface area contributed by atoms with Crippen LogP contribution in [0.5, 0.6) is 11.5 Å². The maximum Gasteiger partial charge on any atom is 0.266 e. The van der Waals surface area contributed by atoms with Crippen molar-refractivity contribution in [2.24, 2.45) is 0 Å². The summed E-state index contributed by atoms with van der Waals surface area (Å²) in [6.07, 6.45) is 1.52. The Morgan fingerprint density at radius 2 is 1.47 bits per heavy atom. The largest absolute Gasteiger partial charge is 0.489 e. The van der Waals surface area contributed by atoms with Gasteiger partial charge in [-0.2, -0.15) is 5.26 Å². The molecule has 4 aromatic rings. The van der Waals surface area contributed by atoms with Crippen LogP contribution in [0.4, 0.5) is 5.69 Å². The molecule has 38 heavy (non-hydrogen) atoms. The number of hydrogen-bond acceptors (Lipinski definition) is 4. The zero-order valence-corrected chi connectivity index (χ0v) is 23.9. The fraction of sp³-hybridized carbons (Fsp3) is 0.0667. The van der Waals surface area contributed by atoms with Crippen LogP contribution in [0, 0.1) is 11.3 Å². The minimum atomic E-state index is -0.513. The molecule has 1 amide bonds. The molecule has 0 atom stereocenters. The minimum Gasteiger partial charge on any atom is -0.489 e. The summed E-state index contributed by atoms with van der Waals surface area (Å²) in [5.41, 5.74) is 3.20. The Bertz CT molecular complexity index is 1460. The number of nitrogens with one attached hydrogen (secondary N) is 1. The number of halogens is 3. The molecule has 1 N–H and O–H groups in total. The van der Waals surface area contributed by atoms with Crippen molar-refractivity contribution in [3.05, 3.63) is 127 Å². The number of nitriles is 1. The van der Waals surface area contributed by atoms with Crippen LogP contribution in [0.3, 0.4) is 0 Å². The monoisotopic (exact) mass is 650 g/mol. The number of nitrogens with zero attached hydrogens (tertiary/aromatic N) is 1. The van der Waals surface area contributed by atoms with E-state index in [1.165, 1.54) is 6.08 Å². The van der Waals surface area contributed by atoms with E-state index in [1.54, 1.807) is 48.5 Å². The molecular weight excluding hydrogens is 632 g/mol. The van der Waals surface area contributed by atoms with E-state index >= 15 is 0 Å². The van der Waals surface area contributed by atoms with Crippen LogP contribution in [0.2, 0.25) is 5.02 Å². The van der Waals surface area contributed by atoms with Crippen LogP contribution in [0.1, 0.15) is 16.7 Å². The average Bonchev–Trinajstić information content (AvgIpc) is 2.92. The Balaban J connectivity index is 1.39. The summed E-state index contributed by atoms with van der Waals surface area (Å²) in [6, 6.07) is 29.8. The molecule has 0 spiro atoms. The molecule has 8 heteroatoms. The van der Waals surface area contributed by atoms with Crippen molar-refractivity contribution >= 4 is 61.1 Å². The maximum absolute atomic E-state index is 12.8. The fourth-order valence-corrected chi connectivity index (χ4v) is 5.00. The summed E-state index contributed by atoms with van der Waals surface area (Å²) in [5, 5.41) is 13.0. The van der Waals surface area contributed by atoms with Crippen molar-refractivity contribution in [3.8, 4) is 17.6 Å². The highest BCUT2D eigenvalue weighted by Crippen LogP contribution is 2.36. The molecule has 0 aromatic heterocycles. The van der Waals surface area contributed by atoms with Crippen molar-refractivity contribution < 1.29 is 14.3 Å². The molecule has 4 aromatic carbocycles. The van der Waals surface area contributed by atoms with Crippen molar-refractivity contribution in [1.82, 2.24) is 0 Å². The number of carbonyl (C=O) groups is 1. The average molecular weight is 653 g/mol. The molecule has 0 aliphatic heterocycles. The van der Waals surface area contributed by atoms with Crippen LogP contribution < -0.4 is 14.8 Å². The second-order valence-corrected chi connectivity index (χ2v) is 10.3. The molecule has 0 saturated carbocycles. The van der Waals surface area contributed by atoms with Crippen molar-refractivity contribution in [1.29, 1.82) is 5.26 Å². The molecule has 4 rings (SSSR count). The lowest BCUT2D eigenvalue weighted by Gasteiger charge is -2.12. The molecular formula is C30H21Br2ClN2O3. The van der Waals surface area contributed by atoms with Gasteiger partial charge < -0.3 is 14.8 Å². The van der Waals surface area contributed by atoms with Crippen LogP contribution in [-0.2, 0) is 18.0 Å². The van der Waals surface area contributed by atoms with Gasteiger partial charge in [0.2, 0.25) is 0 Å². The minimum absolute atomic E-state index is 0.0389. The standard InChI is InChI=1S/C30H21Br2ClN2O3/c31-27-15-22(16-28(32)29(27)38-19-21-6-8-24(33)9-7-21)14-23(17-34)30(36)35-25-10-12-26(13-11-25)37-18-20-4-2-1-3-5-20/h1-16H,18-19H2,(H,35,36)/b23-14+. The van der Waals surface area contributed by atoms with E-state index in [9.17, 15) is 10.1 Å². The summed E-state index contributed by atoms with van der Waals surface area (Å²) in [4.78, 5) is 12.8. The molecule has 5 nitrogen and oxygen atoms in total. The van der Waals surface area contributed by atoms with Gasteiger partial charge in [-0.1, -0.05) is 54.1 Å². The van der Waals surface area contributed by atoms with Crippen molar-refractivity contribution in [2.45, 2.75) is 13.2 Å². The number of carbonyl (C=O) groups excluding carboxylic acids is 1. The van der Waals surface area contributed by atoms with Gasteiger partial charge in [-0.05, 0) is 103 Å². The zero-order chi connectivity index (χ0) is 26.9. The van der Waals surface area contributed by atoms with E-state index in [1.807, 2.05) is 48.5 Å². The Morgan fingerprint density at radius 3 is 2.11 bits per heavy atom. The van der Waals surface area contributed by atoms with Gasteiger partial charge in [0.25, 0.3) is 5.91 Å². The van der Waals surface area contributed by atoms with Gasteiger partial charge >= 0.3 is 0 Å². The summed E-state index contributed by atoms with van der Waals surface area (Å²) < 4.78 is 13.1. The van der Waals surface area contributed by atoms with Crippen LogP contribution in [0.15, 0.2) is 106 Å². The lowest BCUT2D eigenvalue weighted by molar-refractivity contribution is -0.112. The molecule has 0 radical (unpaired) electrons. The Labute approximate surface area is 242 Å². The van der Waals surface area contributed by atoms with E-state index < -0.39 is 5.91 Å². The van der Waals surface area contributed by atoms with Gasteiger partial charge in [-0.3, -0.25) is 4.79 Å². The molecule has 0 heterocycles. The molecule has 0 unspecified atom stereocenters. The molecule has 0 aliphatic rings. The molecule has 0 aliphatic carbocycles. The second-order valence-electron chi connectivity index (χ2n) is 8.15. The van der Waals surface area contributed by atoms with Crippen LogP contribution >= 0.6 is 43.5 Å². The number of anilines is 1. The van der Waals surface area contributed by atoms with Crippen LogP contribution in [0.25, 0.3) is 6.08 Å². The first kappa shape index (κ1) is 27.5. The Morgan fingerprint density at radius 1 is 0.868 bits per heavy atom. The quantitative estimate of drug-likeness (QED) is 0.145. The third-order valence-electron chi connectivity index (χ3n) is 5.35. The van der Waals surface area contributed by atoms with E-state index in [0.717, 1.165) is 11.1 Å². The van der Waals surface area contributed by atoms with Gasteiger partial charge in [0.15, 0.2) is 0 Å². The van der Waals surface area contributed by atoms with Crippen molar-refractivity contribution in [3.63, 3.8) is 0 Å². The molecule has 0 bridgehead atoms. The zero-order valence-electron chi connectivity index (χ0n) is 20.0. The Hall–Kier alpha value is -3.57. The first-order chi connectivity index (χ1) is 18.4. The van der Waals surface area contributed by atoms with Gasteiger partial charge in [0.1, 0.15) is 36.4 Å². The predicted molar refractivity (Wildman–Crippen MR) is 157 cm³/mol. The van der Waals surface area contributed by atoms with E-state index in [-0.39, 0.29) is 5.57 Å². The Kier molecular flexibility index (Phi) is 9.61. The van der Waals surface area contributed by atoms with E-state index in [4.69, 9.17) is 21.1 Å². The SMILES string of the molecule is N#C/C(=C\c1cc(Br)c(OCc2ccc(Cl)cc2)c(Br)c1)C(=O)Nc1ccc(OCc2ccccc2)cc1. The number of ether oxygens (including phenoxy) is 2. The third-order valence-corrected chi connectivity index (χ3v) is 6.78. The highest BCUT2D eigenvalue weighted by Gasteiger charge is 2.13. The topological polar surface area (TPSA) is 71.3 Å². The maximum atomic E-state index is 12.8. The molecule has 0 saturated heterocycles. The summed E-state index contributed by atoms with van der Waals surface area (Å²) in [7, 11) is 0. The van der Waals surface area contributed by atoms with Gasteiger partial charge in [-0.25, -0.2) is 0 Å². The number of hydrogen-bond donors (Lipinski definition) is 1. The van der Waals surface area contributed by atoms with Gasteiger partial charge in [0, 0.05) is 10.7 Å². The number of amides is 1. The predicted octanol–water partition coefficient (Wildman–Crippen LogP) is 8.57. The molecule has 0 fully saturated rings. The lowest BCUT2D eigenvalue weighted by atomic mass is 10.1. The smallest absolute Gasteiger partial charge is 0.266 e. The van der Waals surface area contributed by atoms with Crippen LogP contribution in [-0.4, -0.2) is 5.91 Å². The second kappa shape index (κ2) is 13.3. The third kappa shape index (κ3) is 7.72. The summed E-state index contributed by atoms with van der Waals surface area (Å²) in [6.45, 7) is 0.801. The number of rotatable bonds is 9. The lowest BCUT2D eigenvalue weighted by Crippen LogP contribution is -2.13. The first-order valence-corrected chi connectivity index (χ1v) is 13.4. The van der Waals surface area contributed by atoms with E-state index in [2.05, 4.69) is 37.2 Å².